The summed E-state index contributed by atoms with van der Waals surface area (Å²) in [5, 5.41) is 15.8. The molecule has 4 aromatic rings. The van der Waals surface area contributed by atoms with Crippen LogP contribution < -0.4 is 21.3 Å². The Bertz CT molecular complexity index is 1990. The average Bonchev–Trinajstić information content (AvgIpc) is 3.59. The van der Waals surface area contributed by atoms with E-state index < -0.39 is 38.3 Å². The SMILES string of the molecule is COc1ccc(F)cc1/C(Cn1c(=O)n(C(C)(C)C(=O)NC(C)C)c(=O)c2c(C)c(-n3nccn3)sc21)=N\OCCS(C)(=O)=O. The van der Waals surface area contributed by atoms with Crippen molar-refractivity contribution in [2.45, 2.75) is 52.7 Å². The number of sulfone groups is 1. The molecular weight excluding hydrogens is 629 g/mol. The fourth-order valence-electron chi connectivity index (χ4n) is 4.55. The molecule has 14 nitrogen and oxygen atoms in total. The van der Waals surface area contributed by atoms with Crippen LogP contribution in [0, 0.1) is 12.7 Å². The van der Waals surface area contributed by atoms with Crippen LogP contribution in [0.1, 0.15) is 38.8 Å². The van der Waals surface area contributed by atoms with E-state index in [0.29, 0.717) is 10.6 Å². The molecule has 3 heterocycles. The third-order valence-corrected chi connectivity index (χ3v) is 9.01. The van der Waals surface area contributed by atoms with E-state index in [4.69, 9.17) is 9.57 Å². The van der Waals surface area contributed by atoms with Crippen LogP contribution in [0.4, 0.5) is 4.39 Å². The Morgan fingerprint density at radius 3 is 2.47 bits per heavy atom. The number of methoxy groups -OCH3 is 1. The molecule has 0 spiro atoms. The third-order valence-electron chi connectivity index (χ3n) is 6.82. The molecule has 0 radical (unpaired) electrons. The molecule has 0 aliphatic carbocycles. The maximum absolute atomic E-state index is 14.5. The Kier molecular flexibility index (Phi) is 9.62. The van der Waals surface area contributed by atoms with Crippen molar-refractivity contribution in [3.05, 3.63) is 68.4 Å². The number of halogens is 1. The van der Waals surface area contributed by atoms with Gasteiger partial charge in [-0.3, -0.25) is 14.2 Å². The first-order chi connectivity index (χ1) is 21.1. The molecule has 4 rings (SSSR count). The second-order valence-corrected chi connectivity index (χ2v) is 14.3. The number of nitrogens with one attached hydrogen (secondary N) is 1. The van der Waals surface area contributed by atoms with Gasteiger partial charge in [0.05, 0.1) is 37.2 Å². The van der Waals surface area contributed by atoms with Gasteiger partial charge in [0.15, 0.2) is 9.84 Å². The number of fused-ring (bicyclic) bond motifs is 1. The molecule has 45 heavy (non-hydrogen) atoms. The highest BCUT2D eigenvalue weighted by molar-refractivity contribution is 7.90. The Balaban J connectivity index is 2.03. The van der Waals surface area contributed by atoms with Crippen molar-refractivity contribution >= 4 is 43.0 Å². The standard InChI is InChI=1S/C28H34FN7O7S2/c1-16(2)32-26(38)28(4,5)35-23(37)22-17(3)24(36-30-10-11-31-36)44-25(22)34(27(35)39)15-20(33-43-12-13-45(7,40)41)19-14-18(29)8-9-21(19)42-6/h8-11,14,16H,12-13,15H2,1-7H3,(H,32,38)/b33-20-. The summed E-state index contributed by atoms with van der Waals surface area (Å²) in [5.74, 6) is -1.35. The van der Waals surface area contributed by atoms with Crippen LogP contribution in [0.2, 0.25) is 0 Å². The van der Waals surface area contributed by atoms with Crippen LogP contribution in [0.5, 0.6) is 5.75 Å². The van der Waals surface area contributed by atoms with Gasteiger partial charge >= 0.3 is 5.69 Å². The Labute approximate surface area is 262 Å². The maximum Gasteiger partial charge on any atom is 0.333 e. The first-order valence-corrected chi connectivity index (χ1v) is 16.6. The van der Waals surface area contributed by atoms with Crippen molar-refractivity contribution < 1.29 is 27.2 Å². The molecule has 0 bridgehead atoms. The summed E-state index contributed by atoms with van der Waals surface area (Å²) in [6.45, 7) is 7.40. The zero-order valence-electron chi connectivity index (χ0n) is 25.8. The predicted octanol–water partition coefficient (Wildman–Crippen LogP) is 1.99. The van der Waals surface area contributed by atoms with Crippen LogP contribution in [-0.2, 0) is 31.6 Å². The average molecular weight is 664 g/mol. The number of amides is 1. The fraction of sp³-hybridized carbons (Fsp3) is 0.429. The number of carbonyl (C=O) groups excluding carboxylic acids is 1. The van der Waals surface area contributed by atoms with Crippen molar-refractivity contribution in [2.24, 2.45) is 5.16 Å². The van der Waals surface area contributed by atoms with Gasteiger partial charge in [-0.25, -0.2) is 22.2 Å². The smallest absolute Gasteiger partial charge is 0.333 e. The molecule has 0 saturated carbocycles. The first-order valence-electron chi connectivity index (χ1n) is 13.7. The minimum absolute atomic E-state index is 0.0114. The number of nitrogens with zero attached hydrogens (tertiary/aromatic N) is 6. The summed E-state index contributed by atoms with van der Waals surface area (Å²) in [6, 6.07) is 3.40. The second kappa shape index (κ2) is 12.9. The third kappa shape index (κ3) is 6.98. The fourth-order valence-corrected chi connectivity index (χ4v) is 6.14. The summed E-state index contributed by atoms with van der Waals surface area (Å²) >= 11 is 1.06. The Morgan fingerprint density at radius 1 is 1.20 bits per heavy atom. The predicted molar refractivity (Wildman–Crippen MR) is 168 cm³/mol. The molecule has 1 amide bonds. The van der Waals surface area contributed by atoms with E-state index >= 15 is 0 Å². The molecule has 242 valence electrons. The number of aryl methyl sites for hydroxylation is 1. The van der Waals surface area contributed by atoms with Gasteiger partial charge in [0.25, 0.3) is 5.56 Å². The van der Waals surface area contributed by atoms with Crippen LogP contribution in [0.15, 0.2) is 45.3 Å². The number of carbonyl (C=O) groups is 1. The van der Waals surface area contributed by atoms with Crippen molar-refractivity contribution in [1.29, 1.82) is 0 Å². The van der Waals surface area contributed by atoms with E-state index in [0.717, 1.165) is 28.2 Å². The molecule has 0 fully saturated rings. The largest absolute Gasteiger partial charge is 0.496 e. The van der Waals surface area contributed by atoms with Gasteiger partial charge in [-0.15, -0.1) is 4.80 Å². The van der Waals surface area contributed by atoms with Gasteiger partial charge in [0.2, 0.25) is 5.91 Å². The normalized spacial score (nSPS) is 12.6. The van der Waals surface area contributed by atoms with Gasteiger partial charge in [-0.05, 0) is 52.8 Å². The number of aromatic nitrogens is 5. The summed E-state index contributed by atoms with van der Waals surface area (Å²) in [7, 11) is -2.02. The Morgan fingerprint density at radius 2 is 1.87 bits per heavy atom. The van der Waals surface area contributed by atoms with Crippen molar-refractivity contribution in [3.8, 4) is 10.8 Å². The van der Waals surface area contributed by atoms with Crippen molar-refractivity contribution in [1.82, 2.24) is 29.4 Å². The maximum atomic E-state index is 14.5. The minimum atomic E-state index is -3.39. The molecule has 1 aromatic carbocycles. The second-order valence-electron chi connectivity index (χ2n) is 11.1. The minimum Gasteiger partial charge on any atom is -0.496 e. The van der Waals surface area contributed by atoms with E-state index in [-0.39, 0.29) is 52.2 Å². The number of rotatable bonds is 12. The summed E-state index contributed by atoms with van der Waals surface area (Å²) < 4.78 is 45.4. The van der Waals surface area contributed by atoms with E-state index in [9.17, 15) is 27.2 Å². The summed E-state index contributed by atoms with van der Waals surface area (Å²) in [5.41, 5.74) is -2.63. The lowest BCUT2D eigenvalue weighted by Crippen LogP contribution is -2.56. The number of benzene rings is 1. The molecule has 0 unspecified atom stereocenters. The lowest BCUT2D eigenvalue weighted by molar-refractivity contribution is -0.129. The van der Waals surface area contributed by atoms with Crippen LogP contribution in [-0.4, -0.2) is 75.9 Å². The van der Waals surface area contributed by atoms with Crippen molar-refractivity contribution in [2.75, 3.05) is 25.7 Å². The quantitative estimate of drug-likeness (QED) is 0.135. The number of oxime groups is 1. The molecule has 0 aliphatic rings. The summed E-state index contributed by atoms with van der Waals surface area (Å²) in [6.07, 6.45) is 3.96. The van der Waals surface area contributed by atoms with Gasteiger partial charge in [-0.2, -0.15) is 10.2 Å². The topological polar surface area (TPSA) is 169 Å². The summed E-state index contributed by atoms with van der Waals surface area (Å²) in [4.78, 5) is 48.6. The Hall–Kier alpha value is -4.38. The van der Waals surface area contributed by atoms with Crippen LogP contribution >= 0.6 is 11.3 Å². The van der Waals surface area contributed by atoms with Gasteiger partial charge in [-0.1, -0.05) is 16.5 Å². The van der Waals surface area contributed by atoms with Gasteiger partial charge in [0, 0.05) is 23.4 Å². The lowest BCUT2D eigenvalue weighted by atomic mass is 10.0. The van der Waals surface area contributed by atoms with Gasteiger partial charge < -0.3 is 14.9 Å². The van der Waals surface area contributed by atoms with E-state index in [2.05, 4.69) is 20.7 Å². The molecule has 3 aromatic heterocycles. The zero-order valence-corrected chi connectivity index (χ0v) is 27.5. The lowest BCUT2D eigenvalue weighted by Gasteiger charge is -2.27. The highest BCUT2D eigenvalue weighted by Gasteiger charge is 2.36. The monoisotopic (exact) mass is 663 g/mol. The van der Waals surface area contributed by atoms with Crippen LogP contribution in [0.25, 0.3) is 15.2 Å². The molecule has 1 N–H and O–H groups in total. The molecule has 0 atom stereocenters. The molecule has 17 heteroatoms. The number of thiophene rings is 1. The van der Waals surface area contributed by atoms with E-state index in [1.165, 1.54) is 54.8 Å². The zero-order chi connectivity index (χ0) is 33.3. The molecule has 0 saturated heterocycles. The number of ether oxygens (including phenoxy) is 1. The van der Waals surface area contributed by atoms with Crippen molar-refractivity contribution in [3.63, 3.8) is 0 Å². The molecular formula is C28H34FN7O7S2. The van der Waals surface area contributed by atoms with E-state index in [1.807, 2.05) is 0 Å². The number of hydrogen-bond donors (Lipinski definition) is 1. The highest BCUT2D eigenvalue weighted by atomic mass is 32.2. The first kappa shape index (κ1) is 33.5. The molecule has 0 aliphatic heterocycles. The number of hydrogen-bond acceptors (Lipinski definition) is 11. The van der Waals surface area contributed by atoms with E-state index in [1.54, 1.807) is 20.8 Å². The van der Waals surface area contributed by atoms with Crippen LogP contribution in [0.3, 0.4) is 0 Å². The van der Waals surface area contributed by atoms with Gasteiger partial charge in [0.1, 0.15) is 39.3 Å². The highest BCUT2D eigenvalue weighted by Crippen LogP contribution is 2.31.